The van der Waals surface area contributed by atoms with E-state index in [2.05, 4.69) is 33.8 Å². The van der Waals surface area contributed by atoms with Crippen LogP contribution in [0.5, 0.6) is 0 Å². The third-order valence-corrected chi connectivity index (χ3v) is 11.7. The SMILES string of the molecule is CC(=O)O[C@H]1CC[C@@]2(C)C(=CC[C@H]3[C@@H]4C[C@@H]5O[C@]6(CC[C@H](C)CO6)[C@@H](C)[C@@H]5[C@@]4(C)CC[C@@H]32)C1. The van der Waals surface area contributed by atoms with Crippen molar-refractivity contribution in [1.29, 1.82) is 0 Å². The standard InChI is InChI=1S/C29H44O4/c1-17-8-13-29(31-16-17)18(2)26-25(33-29)15-24-22-7-6-20-14-21(32-19(3)30)9-11-27(20,4)23(22)10-12-28(24,26)5/h6,17-18,21-26H,7-16H2,1-5H3/t17-,18-,21-,22+,23-,24-,25-,26-,27-,28-,29+/m0/s1. The molecule has 33 heavy (non-hydrogen) atoms. The summed E-state index contributed by atoms with van der Waals surface area (Å²) in [5.41, 5.74) is 2.24. The van der Waals surface area contributed by atoms with Crippen molar-refractivity contribution in [1.82, 2.24) is 0 Å². The van der Waals surface area contributed by atoms with Gasteiger partial charge < -0.3 is 14.2 Å². The quantitative estimate of drug-likeness (QED) is 0.344. The fraction of sp³-hybridized carbons (Fsp3) is 0.897. The first-order valence-corrected chi connectivity index (χ1v) is 13.8. The second-order valence-electron chi connectivity index (χ2n) is 13.3. The Kier molecular flexibility index (Phi) is 5.18. The van der Waals surface area contributed by atoms with Gasteiger partial charge in [0.1, 0.15) is 6.10 Å². The summed E-state index contributed by atoms with van der Waals surface area (Å²) in [6.45, 7) is 12.3. The van der Waals surface area contributed by atoms with E-state index in [0.29, 0.717) is 29.3 Å². The molecule has 11 atom stereocenters. The van der Waals surface area contributed by atoms with Gasteiger partial charge in [-0.2, -0.15) is 0 Å². The Morgan fingerprint density at radius 2 is 1.91 bits per heavy atom. The molecule has 6 rings (SSSR count). The molecule has 0 bridgehead atoms. The Morgan fingerprint density at radius 3 is 2.64 bits per heavy atom. The highest BCUT2D eigenvalue weighted by atomic mass is 16.7. The lowest BCUT2D eigenvalue weighted by molar-refractivity contribution is -0.272. The maximum atomic E-state index is 11.5. The summed E-state index contributed by atoms with van der Waals surface area (Å²) in [6, 6.07) is 0. The number of carbonyl (C=O) groups is 1. The van der Waals surface area contributed by atoms with Crippen molar-refractivity contribution < 1.29 is 19.0 Å². The van der Waals surface area contributed by atoms with Gasteiger partial charge in [0.05, 0.1) is 12.7 Å². The normalized spacial score (nSPS) is 55.2. The van der Waals surface area contributed by atoms with Gasteiger partial charge in [0, 0.05) is 25.7 Å². The highest BCUT2D eigenvalue weighted by molar-refractivity contribution is 5.66. The van der Waals surface area contributed by atoms with Crippen molar-refractivity contribution in [3.05, 3.63) is 11.6 Å². The largest absolute Gasteiger partial charge is 0.462 e. The van der Waals surface area contributed by atoms with Crippen LogP contribution < -0.4 is 0 Å². The summed E-state index contributed by atoms with van der Waals surface area (Å²) < 4.78 is 19.0. The molecule has 3 saturated carbocycles. The molecule has 0 radical (unpaired) electrons. The number of carbonyl (C=O) groups excluding carboxylic acids is 1. The van der Waals surface area contributed by atoms with Gasteiger partial charge in [0.15, 0.2) is 5.79 Å². The molecule has 5 fully saturated rings. The molecule has 4 nitrogen and oxygen atoms in total. The minimum Gasteiger partial charge on any atom is -0.462 e. The van der Waals surface area contributed by atoms with Crippen LogP contribution in [0.25, 0.3) is 0 Å². The molecule has 2 heterocycles. The number of hydrogen-bond acceptors (Lipinski definition) is 4. The van der Waals surface area contributed by atoms with Gasteiger partial charge in [-0.25, -0.2) is 0 Å². The zero-order chi connectivity index (χ0) is 23.2. The zero-order valence-corrected chi connectivity index (χ0v) is 21.4. The summed E-state index contributed by atoms with van der Waals surface area (Å²) >= 11 is 0. The van der Waals surface area contributed by atoms with Crippen LogP contribution in [-0.4, -0.2) is 30.6 Å². The highest BCUT2D eigenvalue weighted by Crippen LogP contribution is 2.70. The van der Waals surface area contributed by atoms with E-state index < -0.39 is 0 Å². The molecule has 0 aromatic rings. The van der Waals surface area contributed by atoms with E-state index in [1.807, 2.05) is 0 Å². The van der Waals surface area contributed by atoms with Gasteiger partial charge in [0.25, 0.3) is 0 Å². The summed E-state index contributed by atoms with van der Waals surface area (Å²) in [6.07, 6.45) is 13.6. The molecule has 4 heteroatoms. The van der Waals surface area contributed by atoms with Crippen LogP contribution in [0.2, 0.25) is 0 Å². The van der Waals surface area contributed by atoms with Crippen LogP contribution in [-0.2, 0) is 19.0 Å². The molecule has 0 aromatic carbocycles. The molecule has 4 aliphatic carbocycles. The Labute approximate surface area is 200 Å². The minimum atomic E-state index is -0.312. The Hall–Kier alpha value is -0.870. The molecule has 6 aliphatic rings. The molecule has 0 N–H and O–H groups in total. The first-order chi connectivity index (χ1) is 15.7. The molecule has 2 saturated heterocycles. The first kappa shape index (κ1) is 22.6. The third-order valence-electron chi connectivity index (χ3n) is 11.7. The number of rotatable bonds is 1. The van der Waals surface area contributed by atoms with Gasteiger partial charge >= 0.3 is 5.97 Å². The van der Waals surface area contributed by atoms with Gasteiger partial charge in [0.2, 0.25) is 0 Å². The van der Waals surface area contributed by atoms with Crippen LogP contribution in [0.3, 0.4) is 0 Å². The van der Waals surface area contributed by atoms with Crippen LogP contribution in [0, 0.1) is 46.3 Å². The number of allylic oxidation sites excluding steroid dienone is 1. The van der Waals surface area contributed by atoms with Gasteiger partial charge in [-0.15, -0.1) is 0 Å². The van der Waals surface area contributed by atoms with Crippen molar-refractivity contribution >= 4 is 5.97 Å². The molecular formula is C29H44O4. The molecule has 184 valence electrons. The van der Waals surface area contributed by atoms with Crippen molar-refractivity contribution in [2.24, 2.45) is 46.3 Å². The molecule has 2 aliphatic heterocycles. The number of esters is 1. The number of ether oxygens (including phenoxy) is 3. The fourth-order valence-electron chi connectivity index (χ4n) is 9.98. The van der Waals surface area contributed by atoms with Gasteiger partial charge in [-0.05, 0) is 85.4 Å². The third kappa shape index (κ3) is 3.18. The monoisotopic (exact) mass is 456 g/mol. The van der Waals surface area contributed by atoms with E-state index >= 15 is 0 Å². The van der Waals surface area contributed by atoms with E-state index in [1.165, 1.54) is 32.1 Å². The lowest BCUT2D eigenvalue weighted by Gasteiger charge is -2.58. The van der Waals surface area contributed by atoms with Crippen LogP contribution in [0.1, 0.15) is 92.4 Å². The second-order valence-corrected chi connectivity index (χ2v) is 13.3. The smallest absolute Gasteiger partial charge is 0.302 e. The molecule has 0 aromatic heterocycles. The van der Waals surface area contributed by atoms with Crippen LogP contribution in [0.4, 0.5) is 0 Å². The molecule has 0 amide bonds. The van der Waals surface area contributed by atoms with E-state index in [0.717, 1.165) is 50.0 Å². The summed E-state index contributed by atoms with van der Waals surface area (Å²) in [5.74, 6) is 3.64. The second kappa shape index (κ2) is 7.56. The summed E-state index contributed by atoms with van der Waals surface area (Å²) in [7, 11) is 0. The van der Waals surface area contributed by atoms with Crippen molar-refractivity contribution in [2.75, 3.05) is 6.61 Å². The fourth-order valence-corrected chi connectivity index (χ4v) is 9.98. The topological polar surface area (TPSA) is 44.8 Å². The maximum absolute atomic E-state index is 11.5. The maximum Gasteiger partial charge on any atom is 0.302 e. The average molecular weight is 457 g/mol. The molecule has 0 unspecified atom stereocenters. The van der Waals surface area contributed by atoms with Crippen LogP contribution in [0.15, 0.2) is 11.6 Å². The number of hydrogen-bond donors (Lipinski definition) is 0. The Balaban J connectivity index is 1.24. The highest BCUT2D eigenvalue weighted by Gasteiger charge is 2.68. The van der Waals surface area contributed by atoms with Crippen molar-refractivity contribution in [2.45, 2.75) is 110 Å². The van der Waals surface area contributed by atoms with E-state index in [-0.39, 0.29) is 23.3 Å². The van der Waals surface area contributed by atoms with E-state index in [1.54, 1.807) is 12.5 Å². The lowest BCUT2D eigenvalue weighted by atomic mass is 9.47. The molecular weight excluding hydrogens is 412 g/mol. The summed E-state index contributed by atoms with van der Waals surface area (Å²) in [5, 5.41) is 0. The van der Waals surface area contributed by atoms with Gasteiger partial charge in [-0.1, -0.05) is 39.3 Å². The van der Waals surface area contributed by atoms with Crippen LogP contribution >= 0.6 is 0 Å². The predicted octanol–water partition coefficient (Wildman–Crippen LogP) is 6.28. The zero-order valence-electron chi connectivity index (χ0n) is 21.4. The van der Waals surface area contributed by atoms with Crippen molar-refractivity contribution in [3.63, 3.8) is 0 Å². The summed E-state index contributed by atoms with van der Waals surface area (Å²) in [4.78, 5) is 11.5. The minimum absolute atomic E-state index is 0.0849. The first-order valence-electron chi connectivity index (χ1n) is 13.8. The molecule has 1 spiro atoms. The number of fused-ring (bicyclic) bond motifs is 7. The Morgan fingerprint density at radius 1 is 1.09 bits per heavy atom. The van der Waals surface area contributed by atoms with Gasteiger partial charge in [-0.3, -0.25) is 4.79 Å². The van der Waals surface area contributed by atoms with Crippen molar-refractivity contribution in [3.8, 4) is 0 Å². The average Bonchev–Trinajstić information content (AvgIpc) is 3.21. The van der Waals surface area contributed by atoms with E-state index in [4.69, 9.17) is 14.2 Å². The Bertz CT molecular complexity index is 841. The van der Waals surface area contributed by atoms with E-state index in [9.17, 15) is 4.79 Å². The lowest BCUT2D eigenvalue weighted by Crippen LogP contribution is -2.52. The predicted molar refractivity (Wildman–Crippen MR) is 127 cm³/mol.